The van der Waals surface area contributed by atoms with Gasteiger partial charge < -0.3 is 0 Å². The molecule has 0 radical (unpaired) electrons. The van der Waals surface area contributed by atoms with E-state index in [0.29, 0.717) is 17.1 Å². The zero-order chi connectivity index (χ0) is 15.5. The van der Waals surface area contributed by atoms with Gasteiger partial charge in [0.05, 0.1) is 0 Å². The van der Waals surface area contributed by atoms with Gasteiger partial charge in [0.15, 0.2) is 0 Å². The van der Waals surface area contributed by atoms with Crippen LogP contribution in [0.2, 0.25) is 0 Å². The second-order valence-electron chi connectivity index (χ2n) is 9.06. The zero-order valence-corrected chi connectivity index (χ0v) is 14.6. The first-order valence-electron chi connectivity index (χ1n) is 9.75. The topological polar surface area (TPSA) is 17.1 Å². The Hall–Kier alpha value is -0.590. The molecule has 0 aromatic rings. The molecule has 122 valence electrons. The Morgan fingerprint density at radius 3 is 2.86 bits per heavy atom. The van der Waals surface area contributed by atoms with Gasteiger partial charge in [-0.05, 0) is 79.4 Å². The number of fused-ring (bicyclic) bond motifs is 5. The second-order valence-corrected chi connectivity index (χ2v) is 9.06. The van der Waals surface area contributed by atoms with Crippen LogP contribution < -0.4 is 0 Å². The van der Waals surface area contributed by atoms with Crippen molar-refractivity contribution in [1.29, 1.82) is 0 Å². The molecule has 0 amide bonds. The normalized spacial score (nSPS) is 50.9. The van der Waals surface area contributed by atoms with E-state index in [4.69, 9.17) is 0 Å². The van der Waals surface area contributed by atoms with Gasteiger partial charge in [-0.2, -0.15) is 0 Å². The third kappa shape index (κ3) is 2.00. The first-order valence-corrected chi connectivity index (χ1v) is 9.75. The van der Waals surface area contributed by atoms with Crippen LogP contribution >= 0.6 is 0 Å². The summed E-state index contributed by atoms with van der Waals surface area (Å²) >= 11 is 0. The van der Waals surface area contributed by atoms with E-state index in [1.165, 1.54) is 38.5 Å². The average Bonchev–Trinajstić information content (AvgIpc) is 2.94. The SMILES string of the molecule is CCC1=CCC2C3CCC4CC(=O)CC[C@]4(C)C3C[C@@H](C)C12. The highest BCUT2D eigenvalue weighted by atomic mass is 16.1. The molecule has 0 N–H and O–H groups in total. The minimum Gasteiger partial charge on any atom is -0.300 e. The van der Waals surface area contributed by atoms with Crippen LogP contribution in [0.15, 0.2) is 11.6 Å². The summed E-state index contributed by atoms with van der Waals surface area (Å²) in [5.74, 6) is 5.73. The molecule has 3 saturated carbocycles. The lowest BCUT2D eigenvalue weighted by molar-refractivity contribution is -0.136. The summed E-state index contributed by atoms with van der Waals surface area (Å²) in [5.41, 5.74) is 2.23. The largest absolute Gasteiger partial charge is 0.300 e. The molecular formula is C21H32O. The predicted molar refractivity (Wildman–Crippen MR) is 90.4 cm³/mol. The molecule has 1 nitrogen and oxygen atoms in total. The molecule has 0 aliphatic heterocycles. The molecule has 4 aliphatic carbocycles. The van der Waals surface area contributed by atoms with Crippen molar-refractivity contribution < 1.29 is 4.79 Å². The summed E-state index contributed by atoms with van der Waals surface area (Å²) in [5, 5.41) is 0. The average molecular weight is 300 g/mol. The molecule has 3 fully saturated rings. The van der Waals surface area contributed by atoms with E-state index in [1.54, 1.807) is 5.57 Å². The van der Waals surface area contributed by atoms with Crippen LogP contribution in [0.3, 0.4) is 0 Å². The fourth-order valence-corrected chi connectivity index (χ4v) is 7.18. The highest BCUT2D eigenvalue weighted by Crippen LogP contribution is 2.63. The van der Waals surface area contributed by atoms with Crippen molar-refractivity contribution in [2.75, 3.05) is 0 Å². The number of hydrogen-bond acceptors (Lipinski definition) is 1. The Labute approximate surface area is 135 Å². The second kappa shape index (κ2) is 5.21. The fourth-order valence-electron chi connectivity index (χ4n) is 7.18. The van der Waals surface area contributed by atoms with Gasteiger partial charge in [0.1, 0.15) is 5.78 Å². The number of ketones is 1. The van der Waals surface area contributed by atoms with Crippen LogP contribution in [-0.4, -0.2) is 5.78 Å². The fraction of sp³-hybridized carbons (Fsp3) is 0.857. The molecule has 22 heavy (non-hydrogen) atoms. The van der Waals surface area contributed by atoms with Crippen molar-refractivity contribution in [2.45, 2.75) is 72.1 Å². The lowest BCUT2D eigenvalue weighted by atomic mass is 9.45. The van der Waals surface area contributed by atoms with Gasteiger partial charge in [0, 0.05) is 12.8 Å². The maximum Gasteiger partial charge on any atom is 0.133 e. The third-order valence-electron chi connectivity index (χ3n) is 8.30. The molecule has 0 spiro atoms. The van der Waals surface area contributed by atoms with E-state index in [-0.39, 0.29) is 0 Å². The van der Waals surface area contributed by atoms with E-state index < -0.39 is 0 Å². The lowest BCUT2D eigenvalue weighted by Gasteiger charge is -2.59. The third-order valence-corrected chi connectivity index (χ3v) is 8.30. The summed E-state index contributed by atoms with van der Waals surface area (Å²) in [6, 6.07) is 0. The van der Waals surface area contributed by atoms with Gasteiger partial charge >= 0.3 is 0 Å². The number of hydrogen-bond donors (Lipinski definition) is 0. The van der Waals surface area contributed by atoms with Crippen molar-refractivity contribution in [1.82, 2.24) is 0 Å². The number of carbonyl (C=O) groups is 1. The summed E-state index contributed by atoms with van der Waals surface area (Å²) in [6.07, 6.45) is 12.3. The van der Waals surface area contributed by atoms with Crippen molar-refractivity contribution in [3.05, 3.63) is 11.6 Å². The van der Waals surface area contributed by atoms with Crippen molar-refractivity contribution >= 4 is 5.78 Å². The van der Waals surface area contributed by atoms with Crippen molar-refractivity contribution in [3.63, 3.8) is 0 Å². The van der Waals surface area contributed by atoms with Gasteiger partial charge in [-0.15, -0.1) is 0 Å². The molecule has 4 rings (SSSR count). The number of carbonyl (C=O) groups excluding carboxylic acids is 1. The molecular weight excluding hydrogens is 268 g/mol. The molecule has 0 saturated heterocycles. The number of allylic oxidation sites excluding steroid dienone is 2. The summed E-state index contributed by atoms with van der Waals surface area (Å²) in [4.78, 5) is 11.9. The van der Waals surface area contributed by atoms with Crippen LogP contribution in [0, 0.1) is 40.9 Å². The van der Waals surface area contributed by atoms with Crippen LogP contribution in [0.25, 0.3) is 0 Å². The minimum atomic E-state index is 0.463. The lowest BCUT2D eigenvalue weighted by Crippen LogP contribution is -2.52. The summed E-state index contributed by atoms with van der Waals surface area (Å²) < 4.78 is 0. The Kier molecular flexibility index (Phi) is 3.55. The molecule has 4 aliphatic rings. The standard InChI is InChI=1S/C21H32O/c1-4-14-5-7-18-17-8-6-15-12-16(22)9-10-21(15,3)19(17)11-13(2)20(14)18/h5,13,15,17-20H,4,6-12H2,1-3H3/t13-,15?,17?,18?,19?,20?,21+/m1/s1. The molecule has 0 aromatic heterocycles. The van der Waals surface area contributed by atoms with E-state index in [9.17, 15) is 4.79 Å². The maximum absolute atomic E-state index is 11.9. The van der Waals surface area contributed by atoms with Gasteiger partial charge in [0.2, 0.25) is 0 Å². The predicted octanol–water partition coefficient (Wildman–Crippen LogP) is 5.40. The Bertz CT molecular complexity index is 504. The number of rotatable bonds is 1. The number of Topliss-reactive ketones (excluding diaryl/α,β-unsaturated/α-hetero) is 1. The van der Waals surface area contributed by atoms with E-state index in [1.807, 2.05) is 0 Å². The molecule has 0 heterocycles. The Morgan fingerprint density at radius 1 is 1.27 bits per heavy atom. The van der Waals surface area contributed by atoms with Crippen molar-refractivity contribution in [2.24, 2.45) is 40.9 Å². The van der Waals surface area contributed by atoms with Gasteiger partial charge in [0.25, 0.3) is 0 Å². The molecule has 1 heteroatoms. The zero-order valence-electron chi connectivity index (χ0n) is 14.6. The first-order chi connectivity index (χ1) is 10.5. The van der Waals surface area contributed by atoms with E-state index in [2.05, 4.69) is 26.8 Å². The monoisotopic (exact) mass is 300 g/mol. The summed E-state index contributed by atoms with van der Waals surface area (Å²) in [7, 11) is 0. The molecule has 5 unspecified atom stereocenters. The highest BCUT2D eigenvalue weighted by Gasteiger charge is 2.56. The van der Waals surface area contributed by atoms with Crippen LogP contribution in [0.5, 0.6) is 0 Å². The smallest absolute Gasteiger partial charge is 0.133 e. The van der Waals surface area contributed by atoms with Crippen molar-refractivity contribution in [3.8, 4) is 0 Å². The van der Waals surface area contributed by atoms with Gasteiger partial charge in [-0.1, -0.05) is 32.4 Å². The Balaban J connectivity index is 1.63. The minimum absolute atomic E-state index is 0.463. The maximum atomic E-state index is 11.9. The highest BCUT2D eigenvalue weighted by molar-refractivity contribution is 5.79. The summed E-state index contributed by atoms with van der Waals surface area (Å²) in [6.45, 7) is 7.42. The molecule has 7 atom stereocenters. The quantitative estimate of drug-likeness (QED) is 0.592. The molecule has 0 aromatic carbocycles. The van der Waals surface area contributed by atoms with Crippen LogP contribution in [0.4, 0.5) is 0 Å². The van der Waals surface area contributed by atoms with Gasteiger partial charge in [-0.25, -0.2) is 0 Å². The van der Waals surface area contributed by atoms with E-state index in [0.717, 1.165) is 42.4 Å². The van der Waals surface area contributed by atoms with Crippen LogP contribution in [0.1, 0.15) is 72.1 Å². The Morgan fingerprint density at radius 2 is 2.09 bits per heavy atom. The van der Waals surface area contributed by atoms with Gasteiger partial charge in [-0.3, -0.25) is 4.79 Å². The van der Waals surface area contributed by atoms with Crippen LogP contribution in [-0.2, 0) is 4.79 Å². The van der Waals surface area contributed by atoms with E-state index >= 15 is 0 Å². The molecule has 0 bridgehead atoms. The first kappa shape index (κ1) is 15.0.